The van der Waals surface area contributed by atoms with E-state index >= 15 is 0 Å². The quantitative estimate of drug-likeness (QED) is 0.922. The summed E-state index contributed by atoms with van der Waals surface area (Å²) >= 11 is 3.26. The molecule has 0 aliphatic rings. The molecule has 96 valence electrons. The summed E-state index contributed by atoms with van der Waals surface area (Å²) < 4.78 is 0.699. The second-order valence-corrected chi connectivity index (χ2v) is 4.88. The number of halogens is 1. The van der Waals surface area contributed by atoms with Gasteiger partial charge in [-0.05, 0) is 35.8 Å². The highest BCUT2D eigenvalue weighted by molar-refractivity contribution is 9.10. The SMILES string of the molecule is CCN(CC(C)C#N)C(=O)c1cc(Br)cnc1N. The lowest BCUT2D eigenvalue weighted by molar-refractivity contribution is 0.0753. The third-order valence-corrected chi connectivity index (χ3v) is 2.93. The Morgan fingerprint density at radius 2 is 2.39 bits per heavy atom. The van der Waals surface area contributed by atoms with Gasteiger partial charge < -0.3 is 10.6 Å². The van der Waals surface area contributed by atoms with Crippen molar-refractivity contribution >= 4 is 27.7 Å². The van der Waals surface area contributed by atoms with Gasteiger partial charge in [-0.25, -0.2) is 4.98 Å². The minimum Gasteiger partial charge on any atom is -0.383 e. The van der Waals surface area contributed by atoms with Gasteiger partial charge in [0, 0.05) is 23.8 Å². The van der Waals surface area contributed by atoms with Crippen molar-refractivity contribution in [2.24, 2.45) is 5.92 Å². The van der Waals surface area contributed by atoms with Crippen LogP contribution in [-0.2, 0) is 0 Å². The maximum Gasteiger partial charge on any atom is 0.257 e. The topological polar surface area (TPSA) is 83.0 Å². The van der Waals surface area contributed by atoms with Gasteiger partial charge in [-0.3, -0.25) is 4.79 Å². The fourth-order valence-electron chi connectivity index (χ4n) is 1.52. The Morgan fingerprint density at radius 1 is 1.72 bits per heavy atom. The molecule has 1 atom stereocenters. The molecule has 1 amide bonds. The number of hydrogen-bond donors (Lipinski definition) is 1. The molecule has 0 aromatic carbocycles. The molecule has 6 heteroatoms. The van der Waals surface area contributed by atoms with Crippen molar-refractivity contribution in [3.8, 4) is 6.07 Å². The zero-order valence-corrected chi connectivity index (χ0v) is 11.9. The average Bonchev–Trinajstić information content (AvgIpc) is 2.37. The summed E-state index contributed by atoms with van der Waals surface area (Å²) in [6.07, 6.45) is 1.54. The lowest BCUT2D eigenvalue weighted by atomic mass is 10.1. The summed E-state index contributed by atoms with van der Waals surface area (Å²) in [5, 5.41) is 8.80. The second kappa shape index (κ2) is 6.36. The lowest BCUT2D eigenvalue weighted by Crippen LogP contribution is -2.34. The van der Waals surface area contributed by atoms with E-state index in [1.807, 2.05) is 6.92 Å². The van der Waals surface area contributed by atoms with Gasteiger partial charge in [0.15, 0.2) is 0 Å². The second-order valence-electron chi connectivity index (χ2n) is 3.96. The van der Waals surface area contributed by atoms with E-state index in [1.165, 1.54) is 0 Å². The first-order valence-electron chi connectivity index (χ1n) is 5.59. The molecule has 1 unspecified atom stereocenters. The number of carbonyl (C=O) groups is 1. The first-order valence-corrected chi connectivity index (χ1v) is 6.38. The zero-order valence-electron chi connectivity index (χ0n) is 10.4. The van der Waals surface area contributed by atoms with Crippen LogP contribution >= 0.6 is 15.9 Å². The number of nitriles is 1. The fourth-order valence-corrected chi connectivity index (χ4v) is 1.85. The number of carbonyl (C=O) groups excluding carboxylic acids is 1. The first-order chi connectivity index (χ1) is 8.49. The molecule has 1 aromatic heterocycles. The molecule has 0 radical (unpaired) electrons. The van der Waals surface area contributed by atoms with Crippen molar-refractivity contribution in [2.75, 3.05) is 18.8 Å². The Hall–Kier alpha value is -1.61. The van der Waals surface area contributed by atoms with Crippen molar-refractivity contribution in [3.05, 3.63) is 22.3 Å². The molecule has 18 heavy (non-hydrogen) atoms. The highest BCUT2D eigenvalue weighted by Crippen LogP contribution is 2.18. The average molecular weight is 311 g/mol. The van der Waals surface area contributed by atoms with Crippen molar-refractivity contribution in [3.63, 3.8) is 0 Å². The minimum absolute atomic E-state index is 0.200. The van der Waals surface area contributed by atoms with E-state index in [9.17, 15) is 4.79 Å². The van der Waals surface area contributed by atoms with Crippen LogP contribution in [-0.4, -0.2) is 28.9 Å². The van der Waals surface area contributed by atoms with Crippen LogP contribution in [0, 0.1) is 17.2 Å². The third kappa shape index (κ3) is 3.44. The molecule has 2 N–H and O–H groups in total. The maximum absolute atomic E-state index is 12.3. The molecule has 1 rings (SSSR count). The Morgan fingerprint density at radius 3 is 2.94 bits per heavy atom. The molecule has 0 spiro atoms. The number of hydrogen-bond acceptors (Lipinski definition) is 4. The van der Waals surface area contributed by atoms with Gasteiger partial charge in [0.25, 0.3) is 5.91 Å². The molecule has 0 saturated heterocycles. The number of nitrogens with two attached hydrogens (primary N) is 1. The molecule has 0 aliphatic heterocycles. The van der Waals surface area contributed by atoms with Gasteiger partial charge in [0.2, 0.25) is 0 Å². The molecule has 0 saturated carbocycles. The van der Waals surface area contributed by atoms with Gasteiger partial charge in [-0.1, -0.05) is 0 Å². The molecular formula is C12H15BrN4O. The Labute approximate surface area is 115 Å². The predicted molar refractivity (Wildman–Crippen MR) is 72.7 cm³/mol. The number of amides is 1. The van der Waals surface area contributed by atoms with Crippen LogP contribution in [0.25, 0.3) is 0 Å². The highest BCUT2D eigenvalue weighted by atomic mass is 79.9. The number of pyridine rings is 1. The van der Waals surface area contributed by atoms with E-state index in [4.69, 9.17) is 11.0 Å². The molecular weight excluding hydrogens is 296 g/mol. The van der Waals surface area contributed by atoms with Gasteiger partial charge >= 0.3 is 0 Å². The van der Waals surface area contributed by atoms with Crippen molar-refractivity contribution in [2.45, 2.75) is 13.8 Å². The summed E-state index contributed by atoms with van der Waals surface area (Å²) in [6, 6.07) is 3.76. The van der Waals surface area contributed by atoms with E-state index in [-0.39, 0.29) is 17.6 Å². The van der Waals surface area contributed by atoms with Gasteiger partial charge in [0.1, 0.15) is 5.82 Å². The zero-order chi connectivity index (χ0) is 13.7. The summed E-state index contributed by atoms with van der Waals surface area (Å²) in [5.74, 6) is -0.215. The summed E-state index contributed by atoms with van der Waals surface area (Å²) in [7, 11) is 0. The molecule has 0 bridgehead atoms. The largest absolute Gasteiger partial charge is 0.383 e. The number of anilines is 1. The number of rotatable bonds is 4. The fraction of sp³-hybridized carbons (Fsp3) is 0.417. The monoisotopic (exact) mass is 310 g/mol. The highest BCUT2D eigenvalue weighted by Gasteiger charge is 2.19. The van der Waals surface area contributed by atoms with Crippen LogP contribution in [0.3, 0.4) is 0 Å². The molecule has 5 nitrogen and oxygen atoms in total. The lowest BCUT2D eigenvalue weighted by Gasteiger charge is -2.22. The van der Waals surface area contributed by atoms with Crippen LogP contribution in [0.1, 0.15) is 24.2 Å². The standard InChI is InChI=1S/C12H15BrN4O/c1-3-17(7-8(2)5-14)12(18)10-4-9(13)6-16-11(10)15/h4,6,8H,3,7H2,1-2H3,(H2,15,16). The molecule has 0 aliphatic carbocycles. The van der Waals surface area contributed by atoms with Crippen LogP contribution in [0.15, 0.2) is 16.7 Å². The van der Waals surface area contributed by atoms with Gasteiger partial charge in [-0.15, -0.1) is 0 Å². The summed E-state index contributed by atoms with van der Waals surface area (Å²) in [6.45, 7) is 4.55. The van der Waals surface area contributed by atoms with Crippen molar-refractivity contribution in [1.29, 1.82) is 5.26 Å². The normalized spacial score (nSPS) is 11.7. The van der Waals surface area contributed by atoms with Crippen LogP contribution in [0.2, 0.25) is 0 Å². The first kappa shape index (κ1) is 14.5. The van der Waals surface area contributed by atoms with Crippen molar-refractivity contribution < 1.29 is 4.79 Å². The van der Waals surface area contributed by atoms with E-state index in [1.54, 1.807) is 24.1 Å². The summed E-state index contributed by atoms with van der Waals surface area (Å²) in [5.41, 5.74) is 6.06. The van der Waals surface area contributed by atoms with Gasteiger partial charge in [0.05, 0.1) is 17.6 Å². The van der Waals surface area contributed by atoms with E-state index in [2.05, 4.69) is 27.0 Å². The number of nitrogen functional groups attached to an aromatic ring is 1. The van der Waals surface area contributed by atoms with E-state index < -0.39 is 0 Å². The van der Waals surface area contributed by atoms with Crippen LogP contribution in [0.4, 0.5) is 5.82 Å². The van der Waals surface area contributed by atoms with E-state index in [0.717, 1.165) is 0 Å². The van der Waals surface area contributed by atoms with E-state index in [0.29, 0.717) is 23.1 Å². The van der Waals surface area contributed by atoms with Gasteiger partial charge in [-0.2, -0.15) is 5.26 Å². The van der Waals surface area contributed by atoms with Crippen molar-refractivity contribution in [1.82, 2.24) is 9.88 Å². The molecule has 1 aromatic rings. The minimum atomic E-state index is -0.213. The van der Waals surface area contributed by atoms with Crippen LogP contribution < -0.4 is 5.73 Å². The Balaban J connectivity index is 2.97. The number of nitrogens with zero attached hydrogens (tertiary/aromatic N) is 3. The van der Waals surface area contributed by atoms with Crippen LogP contribution in [0.5, 0.6) is 0 Å². The molecule has 0 fully saturated rings. The smallest absolute Gasteiger partial charge is 0.257 e. The number of aromatic nitrogens is 1. The molecule has 1 heterocycles. The maximum atomic E-state index is 12.3. The Bertz CT molecular complexity index is 483. The summed E-state index contributed by atoms with van der Waals surface area (Å²) in [4.78, 5) is 17.8. The Kier molecular flexibility index (Phi) is 5.10. The predicted octanol–water partition coefficient (Wildman–Crippen LogP) is 2.05. The third-order valence-electron chi connectivity index (χ3n) is 2.50.